The number of fused-ring (bicyclic) bond motifs is 1. The summed E-state index contributed by atoms with van der Waals surface area (Å²) in [4.78, 5) is 0. The van der Waals surface area contributed by atoms with E-state index >= 15 is 0 Å². The van der Waals surface area contributed by atoms with Crippen molar-refractivity contribution in [1.29, 1.82) is 0 Å². The summed E-state index contributed by atoms with van der Waals surface area (Å²) in [5.74, 6) is 0. The highest BCUT2D eigenvalue weighted by Crippen LogP contribution is 2.38. The first-order valence-corrected chi connectivity index (χ1v) is 5.42. The van der Waals surface area contributed by atoms with Gasteiger partial charge in [-0.25, -0.2) is 0 Å². The fourth-order valence-electron chi connectivity index (χ4n) is 1.89. The monoisotopic (exact) mass is 245 g/mol. The first-order valence-electron chi connectivity index (χ1n) is 5.42. The van der Waals surface area contributed by atoms with E-state index in [-0.39, 0.29) is 0 Å². The highest BCUT2D eigenvalue weighted by molar-refractivity contribution is 5.73. The molecule has 0 unspecified atom stereocenters. The molecule has 2 rings (SSSR count). The molecular formula is C11H14F3N3. The molecule has 1 aliphatic heterocycles. The van der Waals surface area contributed by atoms with Crippen molar-refractivity contribution < 1.29 is 13.2 Å². The maximum absolute atomic E-state index is 12.6. The largest absolute Gasteiger partial charge is 0.416 e. The number of hydrogen-bond acceptors (Lipinski definition) is 3. The Morgan fingerprint density at radius 3 is 2.59 bits per heavy atom. The fourth-order valence-corrected chi connectivity index (χ4v) is 1.89. The van der Waals surface area contributed by atoms with E-state index in [0.717, 1.165) is 12.5 Å². The van der Waals surface area contributed by atoms with Gasteiger partial charge in [0.05, 0.1) is 16.9 Å². The zero-order valence-corrected chi connectivity index (χ0v) is 9.67. The van der Waals surface area contributed by atoms with Gasteiger partial charge in [0.15, 0.2) is 0 Å². The van der Waals surface area contributed by atoms with Gasteiger partial charge < -0.3 is 0 Å². The zero-order valence-electron chi connectivity index (χ0n) is 9.67. The van der Waals surface area contributed by atoms with Crippen molar-refractivity contribution in [2.24, 2.45) is 0 Å². The summed E-state index contributed by atoms with van der Waals surface area (Å²) in [7, 11) is 1.78. The van der Waals surface area contributed by atoms with Crippen molar-refractivity contribution in [2.45, 2.75) is 19.5 Å². The number of rotatable bonds is 2. The van der Waals surface area contributed by atoms with E-state index in [1.165, 1.54) is 12.1 Å². The van der Waals surface area contributed by atoms with Crippen LogP contribution in [0.5, 0.6) is 0 Å². The summed E-state index contributed by atoms with van der Waals surface area (Å²) < 4.78 is 37.8. The number of alkyl halides is 3. The van der Waals surface area contributed by atoms with Crippen LogP contribution in [0.1, 0.15) is 18.9 Å². The summed E-state index contributed by atoms with van der Waals surface area (Å²) in [6, 6.07) is 3.74. The number of hydrazine groups is 2. The van der Waals surface area contributed by atoms with E-state index in [2.05, 4.69) is 5.43 Å². The minimum absolute atomic E-state index is 0.573. The average Bonchev–Trinajstić information content (AvgIpc) is 2.54. The molecule has 0 aliphatic carbocycles. The number of hydrogen-bond donors (Lipinski definition) is 1. The third-order valence-corrected chi connectivity index (χ3v) is 2.68. The predicted molar refractivity (Wildman–Crippen MR) is 60.5 cm³/mol. The highest BCUT2D eigenvalue weighted by Gasteiger charge is 2.33. The molecule has 0 saturated carbocycles. The second kappa shape index (κ2) is 4.10. The summed E-state index contributed by atoms with van der Waals surface area (Å²) in [5, 5.41) is 3.50. The molecule has 0 amide bonds. The predicted octanol–water partition coefficient (Wildman–Crippen LogP) is 3.11. The SMILES string of the molecule is CCCN1c2cc(C(F)(F)F)ccc2NN1C. The van der Waals surface area contributed by atoms with Crippen LogP contribution >= 0.6 is 0 Å². The summed E-state index contributed by atoms with van der Waals surface area (Å²) in [6.07, 6.45) is -3.43. The van der Waals surface area contributed by atoms with Crippen molar-refractivity contribution in [3.63, 3.8) is 0 Å². The Kier molecular flexibility index (Phi) is 2.91. The molecule has 0 atom stereocenters. The van der Waals surface area contributed by atoms with Crippen LogP contribution in [-0.2, 0) is 6.18 Å². The molecule has 6 heteroatoms. The molecule has 1 N–H and O–H groups in total. The molecule has 0 fully saturated rings. The van der Waals surface area contributed by atoms with Gasteiger partial charge in [0.2, 0.25) is 0 Å². The fraction of sp³-hybridized carbons (Fsp3) is 0.455. The smallest absolute Gasteiger partial charge is 0.299 e. The summed E-state index contributed by atoms with van der Waals surface area (Å²) >= 11 is 0. The normalized spacial score (nSPS) is 15.9. The molecule has 94 valence electrons. The van der Waals surface area contributed by atoms with Crippen LogP contribution < -0.4 is 10.4 Å². The van der Waals surface area contributed by atoms with Crippen LogP contribution in [0, 0.1) is 0 Å². The Hall–Kier alpha value is -1.43. The molecule has 0 spiro atoms. The number of halogens is 3. The molecule has 0 bridgehead atoms. The minimum atomic E-state index is -4.30. The van der Waals surface area contributed by atoms with Crippen molar-refractivity contribution in [2.75, 3.05) is 24.0 Å². The number of anilines is 2. The molecule has 0 radical (unpaired) electrons. The van der Waals surface area contributed by atoms with Crippen LogP contribution in [0.25, 0.3) is 0 Å². The summed E-state index contributed by atoms with van der Waals surface area (Å²) in [6.45, 7) is 2.66. The number of nitrogens with zero attached hydrogens (tertiary/aromatic N) is 2. The van der Waals surface area contributed by atoms with E-state index in [4.69, 9.17) is 0 Å². The topological polar surface area (TPSA) is 18.5 Å². The molecule has 3 nitrogen and oxygen atoms in total. The molecule has 1 aliphatic rings. The molecule has 1 aromatic rings. The Bertz CT molecular complexity index is 417. The van der Waals surface area contributed by atoms with Gasteiger partial charge >= 0.3 is 6.18 Å². The van der Waals surface area contributed by atoms with Crippen molar-refractivity contribution in [3.8, 4) is 0 Å². The second-order valence-electron chi connectivity index (χ2n) is 3.99. The highest BCUT2D eigenvalue weighted by atomic mass is 19.4. The zero-order chi connectivity index (χ0) is 12.6. The Balaban J connectivity index is 2.38. The molecule has 1 heterocycles. The second-order valence-corrected chi connectivity index (χ2v) is 3.99. The van der Waals surface area contributed by atoms with Crippen molar-refractivity contribution in [1.82, 2.24) is 5.12 Å². The third-order valence-electron chi connectivity index (χ3n) is 2.68. The van der Waals surface area contributed by atoms with Crippen LogP contribution in [-0.4, -0.2) is 18.7 Å². The lowest BCUT2D eigenvalue weighted by molar-refractivity contribution is -0.137. The van der Waals surface area contributed by atoms with Gasteiger partial charge in [-0.05, 0) is 24.6 Å². The van der Waals surface area contributed by atoms with Gasteiger partial charge in [-0.2, -0.15) is 13.2 Å². The van der Waals surface area contributed by atoms with Crippen molar-refractivity contribution in [3.05, 3.63) is 23.8 Å². The van der Waals surface area contributed by atoms with E-state index in [1.807, 2.05) is 6.92 Å². The van der Waals surface area contributed by atoms with E-state index < -0.39 is 11.7 Å². The summed E-state index contributed by atoms with van der Waals surface area (Å²) in [5.41, 5.74) is 3.66. The van der Waals surface area contributed by atoms with Crippen LogP contribution in [0.15, 0.2) is 18.2 Å². The van der Waals surface area contributed by atoms with Gasteiger partial charge in [-0.15, -0.1) is 5.12 Å². The third kappa shape index (κ3) is 2.17. The lowest BCUT2D eigenvalue weighted by atomic mass is 10.1. The van der Waals surface area contributed by atoms with Gasteiger partial charge in [0.25, 0.3) is 0 Å². The molecule has 1 aromatic carbocycles. The Labute approximate surface area is 97.8 Å². The minimum Gasteiger partial charge on any atom is -0.299 e. The quantitative estimate of drug-likeness (QED) is 0.863. The van der Waals surface area contributed by atoms with E-state index in [9.17, 15) is 13.2 Å². The Morgan fingerprint density at radius 2 is 2.00 bits per heavy atom. The van der Waals surface area contributed by atoms with E-state index in [0.29, 0.717) is 17.9 Å². The lowest BCUT2D eigenvalue weighted by Gasteiger charge is -2.25. The van der Waals surface area contributed by atoms with Crippen LogP contribution in [0.4, 0.5) is 24.5 Å². The van der Waals surface area contributed by atoms with Crippen LogP contribution in [0.3, 0.4) is 0 Å². The molecular weight excluding hydrogens is 231 g/mol. The van der Waals surface area contributed by atoms with Crippen LogP contribution in [0.2, 0.25) is 0 Å². The van der Waals surface area contributed by atoms with Gasteiger partial charge in [-0.3, -0.25) is 10.4 Å². The maximum Gasteiger partial charge on any atom is 0.416 e. The van der Waals surface area contributed by atoms with Gasteiger partial charge in [0, 0.05) is 13.6 Å². The Morgan fingerprint density at radius 1 is 1.29 bits per heavy atom. The maximum atomic E-state index is 12.6. The average molecular weight is 245 g/mol. The molecule has 0 aromatic heterocycles. The molecule has 0 saturated heterocycles. The number of benzene rings is 1. The van der Waals surface area contributed by atoms with Gasteiger partial charge in [0.1, 0.15) is 0 Å². The van der Waals surface area contributed by atoms with E-state index in [1.54, 1.807) is 17.2 Å². The first kappa shape index (κ1) is 12.0. The van der Waals surface area contributed by atoms with Gasteiger partial charge in [-0.1, -0.05) is 6.92 Å². The number of nitrogens with one attached hydrogen (secondary N) is 1. The standard InChI is InChI=1S/C11H14F3N3/c1-3-6-17-10-7-8(11(12,13)14)4-5-9(10)15-16(17)2/h4-5,7,15H,3,6H2,1-2H3. The first-order chi connectivity index (χ1) is 7.93. The van der Waals surface area contributed by atoms with Crippen molar-refractivity contribution >= 4 is 11.4 Å². The lowest BCUT2D eigenvalue weighted by Crippen LogP contribution is -2.38. The molecule has 17 heavy (non-hydrogen) atoms.